The zero-order chi connectivity index (χ0) is 20.5. The van der Waals surface area contributed by atoms with E-state index in [4.69, 9.17) is 23.2 Å². The number of hydrogen-bond donors (Lipinski definition) is 0. The summed E-state index contributed by atoms with van der Waals surface area (Å²) in [5.74, 6) is 3.03. The number of aromatic nitrogens is 6. The first-order valence-corrected chi connectivity index (χ1v) is 10.6. The van der Waals surface area contributed by atoms with Crippen molar-refractivity contribution in [3.05, 3.63) is 69.7 Å². The molecule has 2 heterocycles. The Hall–Kier alpha value is -2.35. The summed E-state index contributed by atoms with van der Waals surface area (Å²) in [6.07, 6.45) is 0. The Bertz CT molecular complexity index is 1180. The standard InChI is InChI=1S/C20H18Cl2N6S/c1-12-6-4-5-7-17(12)28-19(15-9-8-14(21)10-16(15)22)25-26-20(28)29-11-18-24-23-13(2)27(18)3/h4-10H,11H2,1-3H3. The number of hydrogen-bond acceptors (Lipinski definition) is 5. The third-order valence-electron chi connectivity index (χ3n) is 4.67. The van der Waals surface area contributed by atoms with Gasteiger partial charge in [0.05, 0.1) is 16.5 Å². The Kier molecular flexibility index (Phi) is 5.63. The van der Waals surface area contributed by atoms with Crippen LogP contribution >= 0.6 is 35.0 Å². The van der Waals surface area contributed by atoms with E-state index in [1.54, 1.807) is 23.9 Å². The summed E-state index contributed by atoms with van der Waals surface area (Å²) in [6.45, 7) is 3.99. The Labute approximate surface area is 182 Å². The molecule has 2 aromatic heterocycles. The van der Waals surface area contributed by atoms with Crippen LogP contribution < -0.4 is 0 Å². The van der Waals surface area contributed by atoms with Crippen molar-refractivity contribution in [3.8, 4) is 17.1 Å². The van der Waals surface area contributed by atoms with Gasteiger partial charge in [0.15, 0.2) is 11.0 Å². The first-order valence-electron chi connectivity index (χ1n) is 8.90. The van der Waals surface area contributed by atoms with Crippen molar-refractivity contribution in [3.63, 3.8) is 0 Å². The molecule has 29 heavy (non-hydrogen) atoms. The van der Waals surface area contributed by atoms with Gasteiger partial charge in [0, 0.05) is 17.6 Å². The van der Waals surface area contributed by atoms with E-state index >= 15 is 0 Å². The Morgan fingerprint density at radius 2 is 1.76 bits per heavy atom. The Morgan fingerprint density at radius 3 is 2.45 bits per heavy atom. The average molecular weight is 445 g/mol. The minimum absolute atomic E-state index is 0.528. The SMILES string of the molecule is Cc1ccccc1-n1c(SCc2nnc(C)n2C)nnc1-c1ccc(Cl)cc1Cl. The molecular weight excluding hydrogens is 427 g/mol. The van der Waals surface area contributed by atoms with E-state index in [-0.39, 0.29) is 0 Å². The normalized spacial score (nSPS) is 11.2. The number of nitrogens with zero attached hydrogens (tertiary/aromatic N) is 6. The van der Waals surface area contributed by atoms with Crippen molar-refractivity contribution in [2.24, 2.45) is 7.05 Å². The molecule has 0 aliphatic heterocycles. The van der Waals surface area contributed by atoms with Gasteiger partial charge in [-0.2, -0.15) is 0 Å². The molecule has 4 aromatic rings. The van der Waals surface area contributed by atoms with Gasteiger partial charge >= 0.3 is 0 Å². The molecule has 0 aliphatic carbocycles. The number of thioether (sulfide) groups is 1. The van der Waals surface area contributed by atoms with Gasteiger partial charge in [-0.3, -0.25) is 4.57 Å². The van der Waals surface area contributed by atoms with Crippen LogP contribution in [0.1, 0.15) is 17.2 Å². The summed E-state index contributed by atoms with van der Waals surface area (Å²) in [6, 6.07) is 13.5. The van der Waals surface area contributed by atoms with Gasteiger partial charge in [-0.15, -0.1) is 20.4 Å². The average Bonchev–Trinajstić information content (AvgIpc) is 3.24. The summed E-state index contributed by atoms with van der Waals surface area (Å²) in [5, 5.41) is 19.1. The van der Waals surface area contributed by atoms with E-state index in [0.29, 0.717) is 21.6 Å². The van der Waals surface area contributed by atoms with Crippen molar-refractivity contribution in [1.29, 1.82) is 0 Å². The lowest BCUT2D eigenvalue weighted by atomic mass is 10.1. The summed E-state index contributed by atoms with van der Waals surface area (Å²) in [5.41, 5.74) is 2.87. The molecule has 0 fully saturated rings. The zero-order valence-corrected chi connectivity index (χ0v) is 18.4. The molecule has 0 saturated carbocycles. The molecule has 0 atom stereocenters. The molecule has 148 valence electrons. The highest BCUT2D eigenvalue weighted by Gasteiger charge is 2.20. The fourth-order valence-electron chi connectivity index (χ4n) is 2.95. The van der Waals surface area contributed by atoms with E-state index in [1.165, 1.54) is 0 Å². The van der Waals surface area contributed by atoms with Crippen LogP contribution in [0.3, 0.4) is 0 Å². The fourth-order valence-corrected chi connectivity index (χ4v) is 4.36. The second-order valence-electron chi connectivity index (χ2n) is 6.56. The third-order valence-corrected chi connectivity index (χ3v) is 6.15. The predicted molar refractivity (Wildman–Crippen MR) is 117 cm³/mol. The van der Waals surface area contributed by atoms with Crippen LogP contribution in [0.25, 0.3) is 17.1 Å². The Balaban J connectivity index is 1.80. The molecule has 0 amide bonds. The molecule has 0 bridgehead atoms. The van der Waals surface area contributed by atoms with Crippen LogP contribution in [0.15, 0.2) is 47.6 Å². The van der Waals surface area contributed by atoms with Crippen molar-refractivity contribution in [2.45, 2.75) is 24.8 Å². The Morgan fingerprint density at radius 1 is 0.966 bits per heavy atom. The molecule has 0 aliphatic rings. The highest BCUT2D eigenvalue weighted by molar-refractivity contribution is 7.98. The summed E-state index contributed by atoms with van der Waals surface area (Å²) in [7, 11) is 1.95. The van der Waals surface area contributed by atoms with Crippen LogP contribution in [-0.2, 0) is 12.8 Å². The molecule has 6 nitrogen and oxygen atoms in total. The zero-order valence-electron chi connectivity index (χ0n) is 16.1. The number of halogens is 2. The van der Waals surface area contributed by atoms with E-state index in [1.807, 2.05) is 47.4 Å². The minimum atomic E-state index is 0.528. The molecule has 4 rings (SSSR count). The molecule has 0 unspecified atom stereocenters. The lowest BCUT2D eigenvalue weighted by Gasteiger charge is -2.13. The van der Waals surface area contributed by atoms with E-state index in [9.17, 15) is 0 Å². The van der Waals surface area contributed by atoms with Crippen LogP contribution in [0, 0.1) is 13.8 Å². The molecule has 0 spiro atoms. The van der Waals surface area contributed by atoms with E-state index in [2.05, 4.69) is 33.4 Å². The van der Waals surface area contributed by atoms with Crippen molar-refractivity contribution >= 4 is 35.0 Å². The molecule has 0 saturated heterocycles. The summed E-state index contributed by atoms with van der Waals surface area (Å²) in [4.78, 5) is 0. The van der Waals surface area contributed by atoms with Gasteiger partial charge in [0.2, 0.25) is 0 Å². The van der Waals surface area contributed by atoms with Gasteiger partial charge < -0.3 is 4.57 Å². The first-order chi connectivity index (χ1) is 14.0. The number of aryl methyl sites for hydroxylation is 2. The number of rotatable bonds is 5. The van der Waals surface area contributed by atoms with Crippen LogP contribution in [0.5, 0.6) is 0 Å². The molecular formula is C20H18Cl2N6S. The highest BCUT2D eigenvalue weighted by Crippen LogP contribution is 2.34. The van der Waals surface area contributed by atoms with Crippen LogP contribution in [0.2, 0.25) is 10.0 Å². The molecule has 9 heteroatoms. The number of para-hydroxylation sites is 1. The van der Waals surface area contributed by atoms with Crippen molar-refractivity contribution < 1.29 is 0 Å². The number of benzene rings is 2. The van der Waals surface area contributed by atoms with Gasteiger partial charge in [0.1, 0.15) is 11.6 Å². The van der Waals surface area contributed by atoms with Gasteiger partial charge in [-0.25, -0.2) is 0 Å². The van der Waals surface area contributed by atoms with Crippen molar-refractivity contribution in [2.75, 3.05) is 0 Å². The molecule has 0 N–H and O–H groups in total. The van der Waals surface area contributed by atoms with Gasteiger partial charge in [-0.1, -0.05) is 53.2 Å². The van der Waals surface area contributed by atoms with Gasteiger partial charge in [0.25, 0.3) is 0 Å². The highest BCUT2D eigenvalue weighted by atomic mass is 35.5. The predicted octanol–water partition coefficient (Wildman–Crippen LogP) is 5.28. The lowest BCUT2D eigenvalue weighted by Crippen LogP contribution is -2.03. The lowest BCUT2D eigenvalue weighted by molar-refractivity contribution is 0.813. The van der Waals surface area contributed by atoms with E-state index < -0.39 is 0 Å². The summed E-state index contributed by atoms with van der Waals surface area (Å²) >= 11 is 14.1. The molecule has 2 aromatic carbocycles. The second-order valence-corrected chi connectivity index (χ2v) is 8.35. The quantitative estimate of drug-likeness (QED) is 0.391. The third kappa shape index (κ3) is 3.90. The maximum absolute atomic E-state index is 6.48. The van der Waals surface area contributed by atoms with Crippen LogP contribution in [-0.4, -0.2) is 29.5 Å². The summed E-state index contributed by atoms with van der Waals surface area (Å²) < 4.78 is 4.00. The maximum atomic E-state index is 6.48. The largest absolute Gasteiger partial charge is 0.318 e. The fraction of sp³-hybridized carbons (Fsp3) is 0.200. The topological polar surface area (TPSA) is 61.4 Å². The van der Waals surface area contributed by atoms with Crippen molar-refractivity contribution in [1.82, 2.24) is 29.5 Å². The monoisotopic (exact) mass is 444 g/mol. The second kappa shape index (κ2) is 8.18. The first kappa shape index (κ1) is 19.9. The molecule has 0 radical (unpaired) electrons. The van der Waals surface area contributed by atoms with E-state index in [0.717, 1.165) is 33.6 Å². The minimum Gasteiger partial charge on any atom is -0.318 e. The van der Waals surface area contributed by atoms with Crippen LogP contribution in [0.4, 0.5) is 0 Å². The van der Waals surface area contributed by atoms with Gasteiger partial charge in [-0.05, 0) is 43.7 Å². The maximum Gasteiger partial charge on any atom is 0.196 e. The smallest absolute Gasteiger partial charge is 0.196 e.